The number of hydrogen-bond acceptors (Lipinski definition) is 5. The number of benzene rings is 1. The Morgan fingerprint density at radius 3 is 2.50 bits per heavy atom. The van der Waals surface area contributed by atoms with Crippen LogP contribution in [0, 0.1) is 11.3 Å². The highest BCUT2D eigenvalue weighted by molar-refractivity contribution is 5.59. The molecule has 5 nitrogen and oxygen atoms in total. The minimum atomic E-state index is -0.193. The molecule has 0 fully saturated rings. The van der Waals surface area contributed by atoms with Crippen LogP contribution in [0.25, 0.3) is 0 Å². The number of nitrogens with zero attached hydrogens (tertiary/aromatic N) is 1. The van der Waals surface area contributed by atoms with E-state index in [4.69, 9.17) is 19.5 Å². The molecule has 0 saturated carbocycles. The molecule has 0 radical (unpaired) electrons. The van der Waals surface area contributed by atoms with E-state index in [-0.39, 0.29) is 6.29 Å². The molecular weight excluding hydrogens is 256 g/mol. The standard InChI is InChI=1S/C15H22N2O3/c1-4-19-15(20-5-2)8-9-17-13-7-6-12(11-16)10-14(13)18-3/h6-7,10,15,17H,4-5,8-9H2,1-3H3. The van der Waals surface area contributed by atoms with Crippen LogP contribution in [0.5, 0.6) is 5.75 Å². The topological polar surface area (TPSA) is 63.5 Å². The van der Waals surface area contributed by atoms with Crippen LogP contribution in [0.3, 0.4) is 0 Å². The first-order chi connectivity index (χ1) is 9.74. The van der Waals surface area contributed by atoms with E-state index in [9.17, 15) is 0 Å². The maximum absolute atomic E-state index is 8.86. The van der Waals surface area contributed by atoms with Gasteiger partial charge in [-0.15, -0.1) is 0 Å². The Hall–Kier alpha value is -1.77. The number of nitrogens with one attached hydrogen (secondary N) is 1. The van der Waals surface area contributed by atoms with E-state index < -0.39 is 0 Å². The third kappa shape index (κ3) is 5.08. The smallest absolute Gasteiger partial charge is 0.159 e. The Morgan fingerprint density at radius 1 is 1.25 bits per heavy atom. The number of hydrogen-bond donors (Lipinski definition) is 1. The van der Waals surface area contributed by atoms with Crippen LogP contribution < -0.4 is 10.1 Å². The summed E-state index contributed by atoms with van der Waals surface area (Å²) >= 11 is 0. The average Bonchev–Trinajstić information content (AvgIpc) is 2.48. The fourth-order valence-corrected chi connectivity index (χ4v) is 1.82. The molecule has 1 aromatic carbocycles. The van der Waals surface area contributed by atoms with Gasteiger partial charge in [-0.1, -0.05) is 0 Å². The summed E-state index contributed by atoms with van der Waals surface area (Å²) in [5, 5.41) is 12.1. The molecule has 0 atom stereocenters. The van der Waals surface area contributed by atoms with Crippen molar-refractivity contribution in [3.63, 3.8) is 0 Å². The fourth-order valence-electron chi connectivity index (χ4n) is 1.82. The fraction of sp³-hybridized carbons (Fsp3) is 0.533. The minimum absolute atomic E-state index is 0.193. The van der Waals surface area contributed by atoms with Gasteiger partial charge in [0.2, 0.25) is 0 Å². The number of anilines is 1. The monoisotopic (exact) mass is 278 g/mol. The maximum Gasteiger partial charge on any atom is 0.159 e. The summed E-state index contributed by atoms with van der Waals surface area (Å²) in [6.07, 6.45) is 0.548. The Morgan fingerprint density at radius 2 is 1.95 bits per heavy atom. The van der Waals surface area contributed by atoms with Crippen LogP contribution in [0.1, 0.15) is 25.8 Å². The molecule has 110 valence electrons. The molecule has 1 N–H and O–H groups in total. The highest BCUT2D eigenvalue weighted by Crippen LogP contribution is 2.25. The van der Waals surface area contributed by atoms with Crippen molar-refractivity contribution in [3.05, 3.63) is 23.8 Å². The Bertz CT molecular complexity index is 437. The van der Waals surface area contributed by atoms with Crippen molar-refractivity contribution in [1.29, 1.82) is 5.26 Å². The first kappa shape index (κ1) is 16.3. The van der Waals surface area contributed by atoms with Crippen molar-refractivity contribution in [2.24, 2.45) is 0 Å². The largest absolute Gasteiger partial charge is 0.495 e. The molecule has 0 heterocycles. The summed E-state index contributed by atoms with van der Waals surface area (Å²) < 4.78 is 16.2. The van der Waals surface area contributed by atoms with Gasteiger partial charge in [-0.25, -0.2) is 0 Å². The van der Waals surface area contributed by atoms with Gasteiger partial charge in [0.15, 0.2) is 6.29 Å². The highest BCUT2D eigenvalue weighted by Gasteiger charge is 2.09. The second-order valence-electron chi connectivity index (χ2n) is 4.08. The number of rotatable bonds is 9. The van der Waals surface area contributed by atoms with E-state index in [2.05, 4.69) is 11.4 Å². The Balaban J connectivity index is 2.54. The van der Waals surface area contributed by atoms with E-state index in [0.717, 1.165) is 12.1 Å². The van der Waals surface area contributed by atoms with Gasteiger partial charge in [0.1, 0.15) is 5.75 Å². The second-order valence-corrected chi connectivity index (χ2v) is 4.08. The van der Waals surface area contributed by atoms with Crippen LogP contribution >= 0.6 is 0 Å². The van der Waals surface area contributed by atoms with Gasteiger partial charge >= 0.3 is 0 Å². The predicted molar refractivity (Wildman–Crippen MR) is 77.9 cm³/mol. The average molecular weight is 278 g/mol. The lowest BCUT2D eigenvalue weighted by Crippen LogP contribution is -2.21. The third-order valence-corrected chi connectivity index (χ3v) is 2.73. The zero-order valence-corrected chi connectivity index (χ0v) is 12.3. The molecule has 0 aliphatic heterocycles. The van der Waals surface area contributed by atoms with Crippen LogP contribution in [0.4, 0.5) is 5.69 Å². The lowest BCUT2D eigenvalue weighted by atomic mass is 10.2. The quantitative estimate of drug-likeness (QED) is 0.704. The SMILES string of the molecule is CCOC(CCNc1ccc(C#N)cc1OC)OCC. The zero-order valence-electron chi connectivity index (χ0n) is 12.3. The Labute approximate surface area is 120 Å². The van der Waals surface area contributed by atoms with E-state index in [1.54, 1.807) is 19.2 Å². The van der Waals surface area contributed by atoms with Crippen molar-refractivity contribution in [1.82, 2.24) is 0 Å². The van der Waals surface area contributed by atoms with E-state index in [0.29, 0.717) is 31.1 Å². The van der Waals surface area contributed by atoms with Crippen molar-refractivity contribution >= 4 is 5.69 Å². The highest BCUT2D eigenvalue weighted by atomic mass is 16.7. The summed E-state index contributed by atoms with van der Waals surface area (Å²) in [6, 6.07) is 7.40. The molecule has 1 aromatic rings. The molecule has 0 spiro atoms. The van der Waals surface area contributed by atoms with Crippen LogP contribution in [0.15, 0.2) is 18.2 Å². The van der Waals surface area contributed by atoms with E-state index in [1.165, 1.54) is 0 Å². The summed E-state index contributed by atoms with van der Waals surface area (Å²) in [6.45, 7) is 5.86. The summed E-state index contributed by atoms with van der Waals surface area (Å²) in [4.78, 5) is 0. The summed E-state index contributed by atoms with van der Waals surface area (Å²) in [5.74, 6) is 0.661. The molecule has 20 heavy (non-hydrogen) atoms. The Kier molecular flexibility index (Phi) is 7.48. The molecule has 1 rings (SSSR count). The van der Waals surface area contributed by atoms with Crippen LogP contribution in [-0.2, 0) is 9.47 Å². The molecule has 0 aromatic heterocycles. The number of nitriles is 1. The first-order valence-electron chi connectivity index (χ1n) is 6.80. The van der Waals surface area contributed by atoms with Crippen molar-refractivity contribution in [3.8, 4) is 11.8 Å². The molecule has 0 amide bonds. The molecule has 5 heteroatoms. The van der Waals surface area contributed by atoms with Crippen molar-refractivity contribution in [2.45, 2.75) is 26.6 Å². The third-order valence-electron chi connectivity index (χ3n) is 2.73. The van der Waals surface area contributed by atoms with Gasteiger partial charge in [0.05, 0.1) is 24.4 Å². The molecule has 0 aliphatic rings. The first-order valence-corrected chi connectivity index (χ1v) is 6.80. The van der Waals surface area contributed by atoms with Crippen LogP contribution in [-0.4, -0.2) is 33.2 Å². The number of ether oxygens (including phenoxy) is 3. The van der Waals surface area contributed by atoms with E-state index >= 15 is 0 Å². The van der Waals surface area contributed by atoms with Crippen molar-refractivity contribution in [2.75, 3.05) is 32.2 Å². The summed E-state index contributed by atoms with van der Waals surface area (Å²) in [7, 11) is 1.59. The van der Waals surface area contributed by atoms with Crippen LogP contribution in [0.2, 0.25) is 0 Å². The molecule has 0 aliphatic carbocycles. The number of methoxy groups -OCH3 is 1. The predicted octanol–water partition coefficient (Wildman–Crippen LogP) is 2.77. The molecule has 0 saturated heterocycles. The van der Waals surface area contributed by atoms with Gasteiger partial charge in [-0.2, -0.15) is 5.26 Å². The molecular formula is C15H22N2O3. The zero-order chi connectivity index (χ0) is 14.8. The molecule has 0 unspecified atom stereocenters. The lowest BCUT2D eigenvalue weighted by molar-refractivity contribution is -0.137. The lowest BCUT2D eigenvalue weighted by Gasteiger charge is -2.18. The van der Waals surface area contributed by atoms with Crippen molar-refractivity contribution < 1.29 is 14.2 Å². The normalized spacial score (nSPS) is 10.3. The molecule has 0 bridgehead atoms. The summed E-state index contributed by atoms with van der Waals surface area (Å²) in [5.41, 5.74) is 1.44. The minimum Gasteiger partial charge on any atom is -0.495 e. The van der Waals surface area contributed by atoms with Gasteiger partial charge in [-0.05, 0) is 26.0 Å². The van der Waals surface area contributed by atoms with Gasteiger partial charge in [-0.3, -0.25) is 0 Å². The van der Waals surface area contributed by atoms with E-state index in [1.807, 2.05) is 19.9 Å². The van der Waals surface area contributed by atoms with Gasteiger partial charge in [0, 0.05) is 32.2 Å². The maximum atomic E-state index is 8.86. The van der Waals surface area contributed by atoms with Gasteiger partial charge < -0.3 is 19.5 Å². The van der Waals surface area contributed by atoms with Gasteiger partial charge in [0.25, 0.3) is 0 Å². The second kappa shape index (κ2) is 9.18.